The standard InChI is InChI=1S/C9H7Br2F2NO2/c1-16-9(15)5-2-4(11)7(8(12)13)6(3-10)14-5/h2,8H,3H2,1H3. The van der Waals surface area contributed by atoms with Crippen LogP contribution in [-0.2, 0) is 10.1 Å². The van der Waals surface area contributed by atoms with E-state index in [0.29, 0.717) is 0 Å². The van der Waals surface area contributed by atoms with Gasteiger partial charge >= 0.3 is 5.97 Å². The number of aromatic nitrogens is 1. The van der Waals surface area contributed by atoms with E-state index in [4.69, 9.17) is 0 Å². The van der Waals surface area contributed by atoms with Crippen LogP contribution in [0, 0.1) is 0 Å². The summed E-state index contributed by atoms with van der Waals surface area (Å²) in [5, 5.41) is 0.135. The molecule has 16 heavy (non-hydrogen) atoms. The molecule has 0 fully saturated rings. The van der Waals surface area contributed by atoms with Gasteiger partial charge in [0.15, 0.2) is 0 Å². The molecule has 0 aliphatic rings. The molecule has 0 aliphatic carbocycles. The summed E-state index contributed by atoms with van der Waals surface area (Å²) in [7, 11) is 1.20. The van der Waals surface area contributed by atoms with Gasteiger partial charge in [-0.1, -0.05) is 31.9 Å². The molecule has 0 unspecified atom stereocenters. The van der Waals surface area contributed by atoms with Gasteiger partial charge in [-0.2, -0.15) is 0 Å². The Morgan fingerprint density at radius 1 is 1.62 bits per heavy atom. The lowest BCUT2D eigenvalue weighted by Gasteiger charge is -2.09. The van der Waals surface area contributed by atoms with E-state index in [0.717, 1.165) is 0 Å². The smallest absolute Gasteiger partial charge is 0.356 e. The number of nitrogens with zero attached hydrogens (tertiary/aromatic N) is 1. The summed E-state index contributed by atoms with van der Waals surface area (Å²) >= 11 is 6.04. The highest BCUT2D eigenvalue weighted by molar-refractivity contribution is 9.10. The number of carbonyl (C=O) groups is 1. The van der Waals surface area contributed by atoms with E-state index in [1.807, 2.05) is 0 Å². The molecule has 1 rings (SSSR count). The fraction of sp³-hybridized carbons (Fsp3) is 0.333. The molecule has 0 saturated carbocycles. The summed E-state index contributed by atoms with van der Waals surface area (Å²) in [6.45, 7) is 0. The van der Waals surface area contributed by atoms with Crippen LogP contribution in [0.1, 0.15) is 28.2 Å². The van der Waals surface area contributed by atoms with Crippen molar-refractivity contribution in [2.45, 2.75) is 11.8 Å². The quantitative estimate of drug-likeness (QED) is 0.613. The van der Waals surface area contributed by atoms with E-state index in [1.165, 1.54) is 13.2 Å². The lowest BCUT2D eigenvalue weighted by Crippen LogP contribution is -2.08. The molecule has 1 aromatic rings. The highest BCUT2D eigenvalue weighted by atomic mass is 79.9. The molecule has 1 aromatic heterocycles. The summed E-state index contributed by atoms with van der Waals surface area (Å²) in [5.41, 5.74) is -0.109. The summed E-state index contributed by atoms with van der Waals surface area (Å²) in [6, 6.07) is 1.22. The molecule has 0 N–H and O–H groups in total. The SMILES string of the molecule is COC(=O)c1cc(Br)c(C(F)F)c(CBr)n1. The number of carbonyl (C=O) groups excluding carboxylic acids is 1. The van der Waals surface area contributed by atoms with E-state index in [2.05, 4.69) is 41.6 Å². The van der Waals surface area contributed by atoms with Gasteiger partial charge in [-0.25, -0.2) is 18.6 Å². The Hall–Kier alpha value is -0.560. The van der Waals surface area contributed by atoms with Crippen LogP contribution in [0.2, 0.25) is 0 Å². The monoisotopic (exact) mass is 357 g/mol. The van der Waals surface area contributed by atoms with Gasteiger partial charge in [-0.05, 0) is 6.07 Å². The molecule has 0 saturated heterocycles. The Morgan fingerprint density at radius 2 is 2.25 bits per heavy atom. The van der Waals surface area contributed by atoms with Gasteiger partial charge in [0, 0.05) is 9.80 Å². The van der Waals surface area contributed by atoms with E-state index in [-0.39, 0.29) is 26.8 Å². The number of pyridine rings is 1. The largest absolute Gasteiger partial charge is 0.464 e. The van der Waals surface area contributed by atoms with E-state index < -0.39 is 12.4 Å². The number of hydrogen-bond acceptors (Lipinski definition) is 3. The molecule has 1 heterocycles. The third kappa shape index (κ3) is 2.76. The van der Waals surface area contributed by atoms with E-state index in [9.17, 15) is 13.6 Å². The van der Waals surface area contributed by atoms with Crippen LogP contribution in [0.4, 0.5) is 8.78 Å². The molecule has 0 amide bonds. The predicted molar refractivity (Wildman–Crippen MR) is 60.9 cm³/mol. The van der Waals surface area contributed by atoms with Crippen molar-refractivity contribution >= 4 is 37.8 Å². The van der Waals surface area contributed by atoms with Crippen LogP contribution in [0.15, 0.2) is 10.5 Å². The summed E-state index contributed by atoms with van der Waals surface area (Å²) in [6.07, 6.45) is -2.65. The molecule has 0 radical (unpaired) electrons. The molecule has 3 nitrogen and oxygen atoms in total. The Morgan fingerprint density at radius 3 is 2.69 bits per heavy atom. The average molecular weight is 359 g/mol. The first kappa shape index (κ1) is 13.5. The molecule has 7 heteroatoms. The number of methoxy groups -OCH3 is 1. The first-order valence-corrected chi connectivity index (χ1v) is 6.04. The maximum absolute atomic E-state index is 12.7. The zero-order valence-electron chi connectivity index (χ0n) is 8.14. The van der Waals surface area contributed by atoms with Gasteiger partial charge in [0.05, 0.1) is 18.4 Å². The number of rotatable bonds is 3. The van der Waals surface area contributed by atoms with Crippen molar-refractivity contribution in [1.29, 1.82) is 0 Å². The minimum Gasteiger partial charge on any atom is -0.464 e. The number of alkyl halides is 3. The summed E-state index contributed by atoms with van der Waals surface area (Å²) in [5.74, 6) is -0.663. The van der Waals surface area contributed by atoms with Crippen LogP contribution >= 0.6 is 31.9 Å². The first-order chi connectivity index (χ1) is 7.51. The van der Waals surface area contributed by atoms with Crippen LogP contribution in [0.5, 0.6) is 0 Å². The molecule has 0 aliphatic heterocycles. The van der Waals surface area contributed by atoms with Crippen molar-refractivity contribution < 1.29 is 18.3 Å². The van der Waals surface area contributed by atoms with Gasteiger partial charge in [-0.3, -0.25) is 0 Å². The molecule has 0 bridgehead atoms. The Bertz CT molecular complexity index is 413. The van der Waals surface area contributed by atoms with Crippen LogP contribution < -0.4 is 0 Å². The predicted octanol–water partition coefficient (Wildman–Crippen LogP) is 3.46. The highest BCUT2D eigenvalue weighted by Crippen LogP contribution is 2.31. The Balaban J connectivity index is 3.32. The molecule has 0 atom stereocenters. The second kappa shape index (κ2) is 5.67. The van der Waals surface area contributed by atoms with Gasteiger partial charge in [0.25, 0.3) is 6.43 Å². The molecule has 88 valence electrons. The van der Waals surface area contributed by atoms with Crippen molar-refractivity contribution in [3.63, 3.8) is 0 Å². The maximum atomic E-state index is 12.7. The Kier molecular flexibility index (Phi) is 4.79. The van der Waals surface area contributed by atoms with Crippen LogP contribution in [0.25, 0.3) is 0 Å². The lowest BCUT2D eigenvalue weighted by atomic mass is 10.2. The first-order valence-electron chi connectivity index (χ1n) is 4.13. The molecular formula is C9H7Br2F2NO2. The van der Waals surface area contributed by atoms with Crippen molar-refractivity contribution in [3.8, 4) is 0 Å². The fourth-order valence-electron chi connectivity index (χ4n) is 1.11. The second-order valence-corrected chi connectivity index (χ2v) is 4.19. The summed E-state index contributed by atoms with van der Waals surface area (Å²) in [4.78, 5) is 15.0. The highest BCUT2D eigenvalue weighted by Gasteiger charge is 2.21. The lowest BCUT2D eigenvalue weighted by molar-refractivity contribution is 0.0593. The van der Waals surface area contributed by atoms with Crippen LogP contribution in [-0.4, -0.2) is 18.1 Å². The van der Waals surface area contributed by atoms with Crippen molar-refractivity contribution in [1.82, 2.24) is 4.98 Å². The van der Waals surface area contributed by atoms with Crippen molar-refractivity contribution in [3.05, 3.63) is 27.5 Å². The maximum Gasteiger partial charge on any atom is 0.356 e. The van der Waals surface area contributed by atoms with Crippen LogP contribution in [0.3, 0.4) is 0 Å². The van der Waals surface area contributed by atoms with E-state index >= 15 is 0 Å². The number of hydrogen-bond donors (Lipinski definition) is 0. The van der Waals surface area contributed by atoms with Gasteiger partial charge < -0.3 is 4.74 Å². The molecular weight excluding hydrogens is 352 g/mol. The topological polar surface area (TPSA) is 39.2 Å². The van der Waals surface area contributed by atoms with Gasteiger partial charge in [0.1, 0.15) is 5.69 Å². The zero-order chi connectivity index (χ0) is 12.3. The normalized spacial score (nSPS) is 10.6. The van der Waals surface area contributed by atoms with Gasteiger partial charge in [-0.15, -0.1) is 0 Å². The number of halogens is 4. The third-order valence-electron chi connectivity index (χ3n) is 1.83. The van der Waals surface area contributed by atoms with Crippen molar-refractivity contribution in [2.24, 2.45) is 0 Å². The second-order valence-electron chi connectivity index (χ2n) is 2.78. The molecule has 0 spiro atoms. The van der Waals surface area contributed by atoms with Crippen molar-refractivity contribution in [2.75, 3.05) is 7.11 Å². The molecule has 0 aromatic carbocycles. The Labute approximate surface area is 107 Å². The fourth-order valence-corrected chi connectivity index (χ4v) is 2.16. The zero-order valence-corrected chi connectivity index (χ0v) is 11.3. The van der Waals surface area contributed by atoms with Gasteiger partial charge in [0.2, 0.25) is 0 Å². The number of ether oxygens (including phenoxy) is 1. The van der Waals surface area contributed by atoms with E-state index in [1.54, 1.807) is 0 Å². The number of esters is 1. The summed E-state index contributed by atoms with van der Waals surface area (Å²) < 4.78 is 30.0. The average Bonchev–Trinajstić information content (AvgIpc) is 2.26. The minimum absolute atomic E-state index is 0.00627. The third-order valence-corrected chi connectivity index (χ3v) is 3.01. The minimum atomic E-state index is -2.65.